The Morgan fingerprint density at radius 1 is 1.04 bits per heavy atom. The highest BCUT2D eigenvalue weighted by molar-refractivity contribution is 6.12. The van der Waals surface area contributed by atoms with E-state index in [4.69, 9.17) is 0 Å². The zero-order valence-electron chi connectivity index (χ0n) is 15.6. The number of anilines is 1. The van der Waals surface area contributed by atoms with Crippen LogP contribution in [0.1, 0.15) is 24.2 Å². The molecule has 0 fully saturated rings. The Balaban J connectivity index is 1.79. The summed E-state index contributed by atoms with van der Waals surface area (Å²) in [6.45, 7) is 3.94. The first kappa shape index (κ1) is 17.9. The Hall–Kier alpha value is -3.54. The Morgan fingerprint density at radius 2 is 1.75 bits per heavy atom. The standard InChI is InChI=1S/C22H19FN4O/c1-14(2)27(17-6-4-3-5-7-17)22(28)18-12-13-24-21-19(18)25-20(26-21)15-8-10-16(23)11-9-15/h3-14H,1-2H3,(H,24,25,26). The fraction of sp³-hybridized carbons (Fsp3) is 0.136. The number of nitrogens with zero attached hydrogens (tertiary/aromatic N) is 3. The highest BCUT2D eigenvalue weighted by Crippen LogP contribution is 2.25. The molecular weight excluding hydrogens is 355 g/mol. The van der Waals surface area contributed by atoms with Gasteiger partial charge in [0.2, 0.25) is 0 Å². The molecule has 4 aromatic rings. The zero-order valence-corrected chi connectivity index (χ0v) is 15.6. The molecule has 0 saturated heterocycles. The van der Waals surface area contributed by atoms with Crippen molar-refractivity contribution in [2.24, 2.45) is 0 Å². The van der Waals surface area contributed by atoms with E-state index in [-0.39, 0.29) is 17.8 Å². The molecular formula is C22H19FN4O. The summed E-state index contributed by atoms with van der Waals surface area (Å²) in [5.74, 6) is 0.0774. The number of rotatable bonds is 4. The first-order chi connectivity index (χ1) is 13.5. The molecule has 1 N–H and O–H groups in total. The van der Waals surface area contributed by atoms with Gasteiger partial charge < -0.3 is 9.88 Å². The van der Waals surface area contributed by atoms with Crippen LogP contribution in [0.5, 0.6) is 0 Å². The van der Waals surface area contributed by atoms with Crippen molar-refractivity contribution in [1.29, 1.82) is 0 Å². The minimum atomic E-state index is -0.315. The van der Waals surface area contributed by atoms with Crippen LogP contribution in [0.4, 0.5) is 10.1 Å². The van der Waals surface area contributed by atoms with Crippen LogP contribution < -0.4 is 4.90 Å². The second-order valence-corrected chi connectivity index (χ2v) is 6.75. The Kier molecular flexibility index (Phi) is 4.61. The van der Waals surface area contributed by atoms with Crippen molar-refractivity contribution in [2.75, 3.05) is 4.90 Å². The minimum Gasteiger partial charge on any atom is -0.323 e. The van der Waals surface area contributed by atoms with Crippen molar-refractivity contribution >= 4 is 22.8 Å². The van der Waals surface area contributed by atoms with Gasteiger partial charge in [0.05, 0.1) is 5.56 Å². The van der Waals surface area contributed by atoms with Gasteiger partial charge in [-0.1, -0.05) is 18.2 Å². The summed E-state index contributed by atoms with van der Waals surface area (Å²) in [6.07, 6.45) is 1.59. The van der Waals surface area contributed by atoms with Gasteiger partial charge in [-0.25, -0.2) is 14.4 Å². The largest absolute Gasteiger partial charge is 0.323 e. The summed E-state index contributed by atoms with van der Waals surface area (Å²) in [5.41, 5.74) is 3.02. The Labute approximate surface area is 161 Å². The Morgan fingerprint density at radius 3 is 2.43 bits per heavy atom. The fourth-order valence-electron chi connectivity index (χ4n) is 3.20. The smallest absolute Gasteiger partial charge is 0.260 e. The number of imidazole rings is 1. The van der Waals surface area contributed by atoms with Gasteiger partial charge in [0.15, 0.2) is 5.65 Å². The Bertz CT molecular complexity index is 1120. The van der Waals surface area contributed by atoms with Crippen LogP contribution in [0.3, 0.4) is 0 Å². The van der Waals surface area contributed by atoms with E-state index in [1.54, 1.807) is 29.3 Å². The van der Waals surface area contributed by atoms with Crippen molar-refractivity contribution in [3.63, 3.8) is 0 Å². The highest BCUT2D eigenvalue weighted by Gasteiger charge is 2.24. The summed E-state index contributed by atoms with van der Waals surface area (Å²) in [6, 6.07) is 17.2. The lowest BCUT2D eigenvalue weighted by atomic mass is 10.1. The number of para-hydroxylation sites is 1. The molecule has 2 heterocycles. The second-order valence-electron chi connectivity index (χ2n) is 6.75. The number of fused-ring (bicyclic) bond motifs is 1. The SMILES string of the molecule is CC(C)N(C(=O)c1ccnc2[nH]c(-c3ccc(F)cc3)nc12)c1ccccc1. The van der Waals surface area contributed by atoms with Crippen molar-refractivity contribution in [3.05, 3.63) is 78.2 Å². The molecule has 0 bridgehead atoms. The van der Waals surface area contributed by atoms with Crippen LogP contribution in [0.25, 0.3) is 22.6 Å². The number of hydrogen-bond acceptors (Lipinski definition) is 3. The summed E-state index contributed by atoms with van der Waals surface area (Å²) in [4.78, 5) is 27.1. The molecule has 4 rings (SSSR count). The summed E-state index contributed by atoms with van der Waals surface area (Å²) in [5, 5.41) is 0. The molecule has 0 aliphatic carbocycles. The number of aromatic amines is 1. The first-order valence-corrected chi connectivity index (χ1v) is 9.04. The number of halogens is 1. The van der Waals surface area contributed by atoms with Gasteiger partial charge in [0.25, 0.3) is 5.91 Å². The molecule has 2 aromatic heterocycles. The van der Waals surface area contributed by atoms with E-state index >= 15 is 0 Å². The number of amides is 1. The molecule has 0 radical (unpaired) electrons. The summed E-state index contributed by atoms with van der Waals surface area (Å²) < 4.78 is 13.2. The van der Waals surface area contributed by atoms with Gasteiger partial charge in [-0.2, -0.15) is 0 Å². The number of hydrogen-bond donors (Lipinski definition) is 1. The van der Waals surface area contributed by atoms with E-state index in [9.17, 15) is 9.18 Å². The number of carbonyl (C=O) groups is 1. The average Bonchev–Trinajstić information content (AvgIpc) is 3.13. The molecule has 0 aliphatic heterocycles. The average molecular weight is 374 g/mol. The van der Waals surface area contributed by atoms with E-state index in [1.165, 1.54) is 12.1 Å². The molecule has 0 saturated carbocycles. The van der Waals surface area contributed by atoms with E-state index in [1.807, 2.05) is 44.2 Å². The first-order valence-electron chi connectivity index (χ1n) is 9.04. The molecule has 5 nitrogen and oxygen atoms in total. The van der Waals surface area contributed by atoms with Gasteiger partial charge >= 0.3 is 0 Å². The maximum atomic E-state index is 13.4. The lowest BCUT2D eigenvalue weighted by Gasteiger charge is -2.27. The van der Waals surface area contributed by atoms with Crippen molar-refractivity contribution < 1.29 is 9.18 Å². The molecule has 0 spiro atoms. The van der Waals surface area contributed by atoms with Crippen LogP contribution in [0.2, 0.25) is 0 Å². The maximum Gasteiger partial charge on any atom is 0.260 e. The maximum absolute atomic E-state index is 13.4. The molecule has 0 aliphatic rings. The third-order valence-corrected chi connectivity index (χ3v) is 4.50. The number of aromatic nitrogens is 3. The fourth-order valence-corrected chi connectivity index (χ4v) is 3.20. The number of carbonyl (C=O) groups excluding carboxylic acids is 1. The minimum absolute atomic E-state index is 0.0337. The lowest BCUT2D eigenvalue weighted by Crippen LogP contribution is -2.37. The molecule has 28 heavy (non-hydrogen) atoms. The van der Waals surface area contributed by atoms with Crippen molar-refractivity contribution in [2.45, 2.75) is 19.9 Å². The van der Waals surface area contributed by atoms with Gasteiger partial charge in [0.1, 0.15) is 17.2 Å². The molecule has 6 heteroatoms. The monoisotopic (exact) mass is 374 g/mol. The normalized spacial score (nSPS) is 11.1. The van der Waals surface area contributed by atoms with E-state index in [0.717, 1.165) is 11.3 Å². The molecule has 0 unspecified atom stereocenters. The van der Waals surface area contributed by atoms with Crippen molar-refractivity contribution in [1.82, 2.24) is 15.0 Å². The van der Waals surface area contributed by atoms with E-state index < -0.39 is 0 Å². The van der Waals surface area contributed by atoms with Crippen LogP contribution in [0, 0.1) is 5.82 Å². The van der Waals surface area contributed by atoms with E-state index in [2.05, 4.69) is 15.0 Å². The summed E-state index contributed by atoms with van der Waals surface area (Å²) in [7, 11) is 0. The van der Waals surface area contributed by atoms with Crippen molar-refractivity contribution in [3.8, 4) is 11.4 Å². The number of nitrogens with one attached hydrogen (secondary N) is 1. The van der Waals surface area contributed by atoms with Gasteiger partial charge in [-0.3, -0.25) is 4.79 Å². The van der Waals surface area contributed by atoms with Crippen LogP contribution in [-0.4, -0.2) is 26.9 Å². The third kappa shape index (κ3) is 3.24. The highest BCUT2D eigenvalue weighted by atomic mass is 19.1. The topological polar surface area (TPSA) is 61.9 Å². The second kappa shape index (κ2) is 7.23. The molecule has 2 aromatic carbocycles. The predicted octanol–water partition coefficient (Wildman–Crippen LogP) is 4.82. The van der Waals surface area contributed by atoms with E-state index in [0.29, 0.717) is 22.6 Å². The van der Waals surface area contributed by atoms with Crippen LogP contribution >= 0.6 is 0 Å². The third-order valence-electron chi connectivity index (χ3n) is 4.50. The predicted molar refractivity (Wildman–Crippen MR) is 108 cm³/mol. The van der Waals surface area contributed by atoms with Crippen LogP contribution in [-0.2, 0) is 0 Å². The van der Waals surface area contributed by atoms with Gasteiger partial charge in [-0.05, 0) is 56.3 Å². The molecule has 140 valence electrons. The molecule has 1 amide bonds. The number of pyridine rings is 1. The quantitative estimate of drug-likeness (QED) is 0.557. The van der Waals surface area contributed by atoms with Gasteiger partial charge in [-0.15, -0.1) is 0 Å². The number of benzene rings is 2. The lowest BCUT2D eigenvalue weighted by molar-refractivity contribution is 0.0981. The summed E-state index contributed by atoms with van der Waals surface area (Å²) >= 11 is 0. The molecule has 0 atom stereocenters. The zero-order chi connectivity index (χ0) is 19.7. The van der Waals surface area contributed by atoms with Crippen LogP contribution in [0.15, 0.2) is 66.9 Å². The van der Waals surface area contributed by atoms with Gasteiger partial charge in [0, 0.05) is 23.5 Å². The number of H-pyrrole nitrogens is 1.